The fraction of sp³-hybridized carbons (Fsp3) is 0.375. The lowest BCUT2D eigenvalue weighted by Gasteiger charge is -2.09. The third-order valence-corrected chi connectivity index (χ3v) is 3.32. The number of unbranched alkanes of at least 4 members (excludes halogenated alkanes) is 1. The van der Waals surface area contributed by atoms with E-state index in [1.54, 1.807) is 26.5 Å². The van der Waals surface area contributed by atoms with Crippen LogP contribution in [0.5, 0.6) is 11.5 Å². The standard InChI is InChI=1S/C16H20N2O3/c1-4-5-8-18-10-12(11-19)16(17-18)14-7-6-13(20-2)9-15(14)21-3/h6-7,9-11H,4-5,8H2,1-3H3. The van der Waals surface area contributed by atoms with Crippen LogP contribution in [0.1, 0.15) is 30.1 Å². The summed E-state index contributed by atoms with van der Waals surface area (Å²) in [6, 6.07) is 5.48. The van der Waals surface area contributed by atoms with Crippen molar-refractivity contribution in [1.82, 2.24) is 9.78 Å². The zero-order valence-electron chi connectivity index (χ0n) is 12.6. The number of ether oxygens (including phenoxy) is 2. The summed E-state index contributed by atoms with van der Waals surface area (Å²) in [6.45, 7) is 2.92. The first-order valence-corrected chi connectivity index (χ1v) is 6.98. The molecule has 21 heavy (non-hydrogen) atoms. The minimum absolute atomic E-state index is 0.564. The quantitative estimate of drug-likeness (QED) is 0.734. The molecule has 0 aliphatic rings. The first-order chi connectivity index (χ1) is 10.2. The van der Waals surface area contributed by atoms with Crippen molar-refractivity contribution in [3.8, 4) is 22.8 Å². The molecule has 1 aromatic heterocycles. The van der Waals surface area contributed by atoms with Gasteiger partial charge in [-0.1, -0.05) is 13.3 Å². The molecule has 2 aromatic rings. The average molecular weight is 288 g/mol. The van der Waals surface area contributed by atoms with E-state index in [1.807, 2.05) is 16.8 Å². The van der Waals surface area contributed by atoms with Gasteiger partial charge in [0.2, 0.25) is 0 Å². The Balaban J connectivity index is 2.45. The van der Waals surface area contributed by atoms with Gasteiger partial charge in [-0.2, -0.15) is 5.10 Å². The molecule has 0 spiro atoms. The molecule has 5 nitrogen and oxygen atoms in total. The Labute approximate surface area is 124 Å². The van der Waals surface area contributed by atoms with Gasteiger partial charge in [0.15, 0.2) is 6.29 Å². The van der Waals surface area contributed by atoms with Gasteiger partial charge in [0, 0.05) is 24.4 Å². The smallest absolute Gasteiger partial charge is 0.153 e. The van der Waals surface area contributed by atoms with Crippen LogP contribution in [-0.4, -0.2) is 30.3 Å². The Morgan fingerprint density at radius 2 is 2.10 bits per heavy atom. The van der Waals surface area contributed by atoms with E-state index in [4.69, 9.17) is 9.47 Å². The predicted octanol–water partition coefficient (Wildman–Crippen LogP) is 3.18. The molecule has 1 aromatic carbocycles. The average Bonchev–Trinajstić information content (AvgIpc) is 2.95. The third kappa shape index (κ3) is 3.24. The zero-order chi connectivity index (χ0) is 15.2. The van der Waals surface area contributed by atoms with Crippen LogP contribution in [0.25, 0.3) is 11.3 Å². The van der Waals surface area contributed by atoms with Crippen molar-refractivity contribution >= 4 is 6.29 Å². The second-order valence-electron chi connectivity index (χ2n) is 4.73. The molecule has 0 unspecified atom stereocenters. The van der Waals surface area contributed by atoms with Crippen molar-refractivity contribution in [3.63, 3.8) is 0 Å². The summed E-state index contributed by atoms with van der Waals surface area (Å²) in [5.74, 6) is 1.34. The highest BCUT2D eigenvalue weighted by molar-refractivity contribution is 5.87. The van der Waals surface area contributed by atoms with Crippen LogP contribution in [0.3, 0.4) is 0 Å². The first kappa shape index (κ1) is 15.1. The van der Waals surface area contributed by atoms with Crippen molar-refractivity contribution in [3.05, 3.63) is 30.0 Å². The van der Waals surface area contributed by atoms with Gasteiger partial charge in [0.05, 0.1) is 19.8 Å². The molecule has 5 heteroatoms. The van der Waals surface area contributed by atoms with Crippen LogP contribution >= 0.6 is 0 Å². The molecule has 0 radical (unpaired) electrons. The van der Waals surface area contributed by atoms with Crippen LogP contribution in [0, 0.1) is 0 Å². The molecule has 0 saturated carbocycles. The Hall–Kier alpha value is -2.30. The summed E-state index contributed by atoms with van der Waals surface area (Å²) in [6.07, 6.45) is 4.72. The molecule has 2 rings (SSSR count). The van der Waals surface area contributed by atoms with Crippen molar-refractivity contribution in [1.29, 1.82) is 0 Å². The molecule has 0 amide bonds. The van der Waals surface area contributed by atoms with E-state index in [0.717, 1.165) is 31.2 Å². The van der Waals surface area contributed by atoms with Crippen molar-refractivity contribution in [2.75, 3.05) is 14.2 Å². The van der Waals surface area contributed by atoms with Gasteiger partial charge < -0.3 is 9.47 Å². The van der Waals surface area contributed by atoms with E-state index in [1.165, 1.54) is 0 Å². The molecule has 0 aliphatic carbocycles. The molecule has 1 heterocycles. The Morgan fingerprint density at radius 1 is 1.29 bits per heavy atom. The maximum absolute atomic E-state index is 11.3. The van der Waals surface area contributed by atoms with Gasteiger partial charge in [-0.25, -0.2) is 0 Å². The van der Waals surface area contributed by atoms with Gasteiger partial charge in [0.25, 0.3) is 0 Å². The molecule has 0 bridgehead atoms. The molecular formula is C16H20N2O3. The van der Waals surface area contributed by atoms with Crippen LogP contribution in [0.2, 0.25) is 0 Å². The van der Waals surface area contributed by atoms with E-state index in [9.17, 15) is 4.79 Å². The number of aldehydes is 1. The van der Waals surface area contributed by atoms with Crippen LogP contribution in [0.4, 0.5) is 0 Å². The molecule has 112 valence electrons. The lowest BCUT2D eigenvalue weighted by Crippen LogP contribution is -1.98. The minimum Gasteiger partial charge on any atom is -0.497 e. The minimum atomic E-state index is 0.564. The normalized spacial score (nSPS) is 10.4. The van der Waals surface area contributed by atoms with Crippen LogP contribution < -0.4 is 9.47 Å². The summed E-state index contributed by atoms with van der Waals surface area (Å²) in [5, 5.41) is 4.52. The van der Waals surface area contributed by atoms with E-state index < -0.39 is 0 Å². The van der Waals surface area contributed by atoms with E-state index in [2.05, 4.69) is 12.0 Å². The first-order valence-electron chi connectivity index (χ1n) is 6.98. The number of hydrogen-bond donors (Lipinski definition) is 0. The van der Waals surface area contributed by atoms with Gasteiger partial charge in [0.1, 0.15) is 17.2 Å². The number of carbonyl (C=O) groups excluding carboxylic acids is 1. The second kappa shape index (κ2) is 6.92. The van der Waals surface area contributed by atoms with Crippen LogP contribution in [0.15, 0.2) is 24.4 Å². The number of aryl methyl sites for hydroxylation is 1. The van der Waals surface area contributed by atoms with Gasteiger partial charge in [-0.3, -0.25) is 9.48 Å². The lowest BCUT2D eigenvalue weighted by atomic mass is 10.1. The number of nitrogens with zero attached hydrogens (tertiary/aromatic N) is 2. The van der Waals surface area contributed by atoms with Crippen LogP contribution in [-0.2, 0) is 6.54 Å². The van der Waals surface area contributed by atoms with Gasteiger partial charge >= 0.3 is 0 Å². The molecule has 0 N–H and O–H groups in total. The maximum atomic E-state index is 11.3. The maximum Gasteiger partial charge on any atom is 0.153 e. The molecular weight excluding hydrogens is 268 g/mol. The van der Waals surface area contributed by atoms with Crippen molar-refractivity contribution in [2.45, 2.75) is 26.3 Å². The van der Waals surface area contributed by atoms with E-state index >= 15 is 0 Å². The Kier molecular flexibility index (Phi) is 4.98. The highest BCUT2D eigenvalue weighted by atomic mass is 16.5. The Morgan fingerprint density at radius 3 is 2.71 bits per heavy atom. The van der Waals surface area contributed by atoms with Crippen molar-refractivity contribution < 1.29 is 14.3 Å². The van der Waals surface area contributed by atoms with Gasteiger partial charge in [-0.05, 0) is 18.6 Å². The summed E-state index contributed by atoms with van der Waals surface area (Å²) >= 11 is 0. The number of hydrogen-bond acceptors (Lipinski definition) is 4. The summed E-state index contributed by atoms with van der Waals surface area (Å²) in [4.78, 5) is 11.3. The predicted molar refractivity (Wildman–Crippen MR) is 81.1 cm³/mol. The highest BCUT2D eigenvalue weighted by Gasteiger charge is 2.15. The molecule has 0 fully saturated rings. The van der Waals surface area contributed by atoms with E-state index in [0.29, 0.717) is 22.8 Å². The zero-order valence-corrected chi connectivity index (χ0v) is 12.6. The third-order valence-electron chi connectivity index (χ3n) is 3.32. The monoisotopic (exact) mass is 288 g/mol. The number of aromatic nitrogens is 2. The lowest BCUT2D eigenvalue weighted by molar-refractivity contribution is 0.112. The summed E-state index contributed by atoms with van der Waals surface area (Å²) in [7, 11) is 3.19. The van der Waals surface area contributed by atoms with Gasteiger partial charge in [-0.15, -0.1) is 0 Å². The Bertz CT molecular complexity index is 620. The topological polar surface area (TPSA) is 53.4 Å². The largest absolute Gasteiger partial charge is 0.497 e. The fourth-order valence-corrected chi connectivity index (χ4v) is 2.16. The second-order valence-corrected chi connectivity index (χ2v) is 4.73. The number of benzene rings is 1. The van der Waals surface area contributed by atoms with E-state index in [-0.39, 0.29) is 0 Å². The van der Waals surface area contributed by atoms with Crippen molar-refractivity contribution in [2.24, 2.45) is 0 Å². The number of carbonyl (C=O) groups is 1. The highest BCUT2D eigenvalue weighted by Crippen LogP contribution is 2.33. The summed E-state index contributed by atoms with van der Waals surface area (Å²) < 4.78 is 12.4. The number of rotatable bonds is 7. The molecule has 0 saturated heterocycles. The SMILES string of the molecule is CCCCn1cc(C=O)c(-c2ccc(OC)cc2OC)n1. The number of methoxy groups -OCH3 is 2. The molecule has 0 aliphatic heterocycles. The fourth-order valence-electron chi connectivity index (χ4n) is 2.16. The molecule has 0 atom stereocenters. The summed E-state index contributed by atoms with van der Waals surface area (Å²) in [5.41, 5.74) is 1.99.